The molecule has 156 valence electrons. The number of nitro benzene ring substituents is 1. The van der Waals surface area contributed by atoms with Gasteiger partial charge in [0.2, 0.25) is 15.9 Å². The molecular weight excluding hydrogens is 398 g/mol. The Labute approximate surface area is 169 Å². The van der Waals surface area contributed by atoms with Gasteiger partial charge < -0.3 is 10.1 Å². The Hall–Kier alpha value is -3.14. The lowest BCUT2D eigenvalue weighted by Crippen LogP contribution is -2.45. The van der Waals surface area contributed by atoms with Crippen LogP contribution in [-0.4, -0.2) is 38.7 Å². The first kappa shape index (κ1) is 22.2. The molecular formula is C19H23N3O6S. The van der Waals surface area contributed by atoms with Crippen LogP contribution in [0, 0.1) is 10.1 Å². The number of nitrogens with one attached hydrogen (secondary N) is 1. The van der Waals surface area contributed by atoms with Crippen molar-refractivity contribution in [1.82, 2.24) is 0 Å². The molecule has 29 heavy (non-hydrogen) atoms. The van der Waals surface area contributed by atoms with Crippen molar-refractivity contribution in [3.05, 3.63) is 58.1 Å². The van der Waals surface area contributed by atoms with Crippen LogP contribution in [-0.2, 0) is 21.2 Å². The normalized spacial score (nSPS) is 12.1. The Balaban J connectivity index is 2.37. The molecule has 1 atom stereocenters. The molecule has 0 aromatic heterocycles. The lowest BCUT2D eigenvalue weighted by Gasteiger charge is -2.28. The third-order valence-electron chi connectivity index (χ3n) is 4.34. The summed E-state index contributed by atoms with van der Waals surface area (Å²) in [6.45, 7) is 3.42. The molecule has 2 aromatic rings. The SMILES string of the molecule is CCc1ccc(N([C@H](C)C(=O)Nc2cc([N+](=O)[O-])ccc2OC)S(C)(=O)=O)cc1. The first-order valence-electron chi connectivity index (χ1n) is 8.80. The quantitative estimate of drug-likeness (QED) is 0.517. The molecule has 0 saturated heterocycles. The van der Waals surface area contributed by atoms with Gasteiger partial charge in [-0.3, -0.25) is 19.2 Å². The van der Waals surface area contributed by atoms with E-state index >= 15 is 0 Å². The van der Waals surface area contributed by atoms with E-state index in [-0.39, 0.29) is 17.1 Å². The predicted molar refractivity (Wildman–Crippen MR) is 111 cm³/mol. The number of ether oxygens (including phenoxy) is 1. The number of aryl methyl sites for hydroxylation is 1. The van der Waals surface area contributed by atoms with E-state index in [9.17, 15) is 23.3 Å². The van der Waals surface area contributed by atoms with Gasteiger partial charge in [-0.1, -0.05) is 19.1 Å². The van der Waals surface area contributed by atoms with Crippen LogP contribution >= 0.6 is 0 Å². The molecule has 9 nitrogen and oxygen atoms in total. The van der Waals surface area contributed by atoms with Crippen LogP contribution in [0.4, 0.5) is 17.1 Å². The topological polar surface area (TPSA) is 119 Å². The van der Waals surface area contributed by atoms with Gasteiger partial charge >= 0.3 is 0 Å². The molecule has 0 unspecified atom stereocenters. The van der Waals surface area contributed by atoms with Crippen molar-refractivity contribution in [3.8, 4) is 5.75 Å². The summed E-state index contributed by atoms with van der Waals surface area (Å²) in [7, 11) is -2.42. The Bertz CT molecular complexity index is 1010. The van der Waals surface area contributed by atoms with Gasteiger partial charge in [0, 0.05) is 12.1 Å². The second-order valence-corrected chi connectivity index (χ2v) is 8.25. The largest absolute Gasteiger partial charge is 0.495 e. The Kier molecular flexibility index (Phi) is 6.80. The number of non-ortho nitro benzene ring substituents is 1. The number of methoxy groups -OCH3 is 1. The van der Waals surface area contributed by atoms with Crippen LogP contribution in [0.5, 0.6) is 5.75 Å². The molecule has 0 aliphatic rings. The molecule has 0 fully saturated rings. The highest BCUT2D eigenvalue weighted by atomic mass is 32.2. The smallest absolute Gasteiger partial charge is 0.271 e. The second kappa shape index (κ2) is 8.91. The van der Waals surface area contributed by atoms with Crippen LogP contribution in [0.25, 0.3) is 0 Å². The molecule has 0 spiro atoms. The third-order valence-corrected chi connectivity index (χ3v) is 5.58. The fourth-order valence-electron chi connectivity index (χ4n) is 2.83. The van der Waals surface area contributed by atoms with Crippen molar-refractivity contribution in [1.29, 1.82) is 0 Å². The number of rotatable bonds is 8. The molecule has 1 N–H and O–H groups in total. The Morgan fingerprint density at radius 2 is 1.86 bits per heavy atom. The van der Waals surface area contributed by atoms with Crippen molar-refractivity contribution in [3.63, 3.8) is 0 Å². The van der Waals surface area contributed by atoms with Crippen molar-refractivity contribution < 1.29 is 22.9 Å². The number of carbonyl (C=O) groups is 1. The van der Waals surface area contributed by atoms with E-state index in [1.165, 1.54) is 26.2 Å². The van der Waals surface area contributed by atoms with Crippen LogP contribution in [0.2, 0.25) is 0 Å². The number of sulfonamides is 1. The Morgan fingerprint density at radius 3 is 2.34 bits per heavy atom. The fourth-order valence-corrected chi connectivity index (χ4v) is 4.01. The summed E-state index contributed by atoms with van der Waals surface area (Å²) < 4.78 is 30.9. The van der Waals surface area contributed by atoms with E-state index in [1.807, 2.05) is 6.92 Å². The van der Waals surface area contributed by atoms with Crippen LogP contribution < -0.4 is 14.4 Å². The van der Waals surface area contributed by atoms with Gasteiger partial charge in [-0.2, -0.15) is 0 Å². The first-order chi connectivity index (χ1) is 13.6. The molecule has 0 aliphatic heterocycles. The fraction of sp³-hybridized carbons (Fsp3) is 0.316. The van der Waals surface area contributed by atoms with Crippen molar-refractivity contribution >= 4 is 33.0 Å². The monoisotopic (exact) mass is 421 g/mol. The van der Waals surface area contributed by atoms with Gasteiger partial charge in [0.05, 0.1) is 29.7 Å². The number of carbonyl (C=O) groups excluding carboxylic acids is 1. The summed E-state index contributed by atoms with van der Waals surface area (Å²) in [6, 6.07) is 9.51. The van der Waals surface area contributed by atoms with Crippen LogP contribution in [0.15, 0.2) is 42.5 Å². The first-order valence-corrected chi connectivity index (χ1v) is 10.6. The van der Waals surface area contributed by atoms with E-state index in [4.69, 9.17) is 4.74 Å². The van der Waals surface area contributed by atoms with E-state index in [0.717, 1.165) is 28.6 Å². The van der Waals surface area contributed by atoms with E-state index in [1.54, 1.807) is 24.3 Å². The zero-order chi connectivity index (χ0) is 21.8. The van der Waals surface area contributed by atoms with Gasteiger partial charge in [-0.15, -0.1) is 0 Å². The average molecular weight is 421 g/mol. The van der Waals surface area contributed by atoms with Crippen LogP contribution in [0.1, 0.15) is 19.4 Å². The molecule has 0 heterocycles. The van der Waals surface area contributed by atoms with Gasteiger partial charge in [0.1, 0.15) is 11.8 Å². The molecule has 0 aliphatic carbocycles. The standard InChI is InChI=1S/C19H23N3O6S/c1-5-14-6-8-15(9-7-14)21(29(4,26)27)13(2)19(23)20-17-12-16(22(24)25)10-11-18(17)28-3/h6-13H,5H2,1-4H3,(H,20,23)/t13-/m1/s1. The number of amides is 1. The molecule has 2 rings (SSSR count). The van der Waals surface area contributed by atoms with Crippen molar-refractivity contribution in [2.24, 2.45) is 0 Å². The summed E-state index contributed by atoms with van der Waals surface area (Å²) in [4.78, 5) is 23.2. The molecule has 2 aromatic carbocycles. The number of nitrogens with zero attached hydrogens (tertiary/aromatic N) is 2. The third kappa shape index (κ3) is 5.23. The number of hydrogen-bond donors (Lipinski definition) is 1. The van der Waals surface area contributed by atoms with Crippen molar-refractivity contribution in [2.45, 2.75) is 26.3 Å². The summed E-state index contributed by atoms with van der Waals surface area (Å²) in [5, 5.41) is 13.5. The van der Waals surface area contributed by atoms with Gasteiger partial charge in [-0.05, 0) is 37.1 Å². The lowest BCUT2D eigenvalue weighted by atomic mass is 10.1. The zero-order valence-electron chi connectivity index (χ0n) is 16.6. The number of benzene rings is 2. The molecule has 10 heteroatoms. The number of anilines is 2. The van der Waals surface area contributed by atoms with Gasteiger partial charge in [0.15, 0.2) is 0 Å². The molecule has 0 bridgehead atoms. The summed E-state index contributed by atoms with van der Waals surface area (Å²) in [6.07, 6.45) is 1.81. The summed E-state index contributed by atoms with van der Waals surface area (Å²) in [5.41, 5.74) is 1.22. The Morgan fingerprint density at radius 1 is 1.24 bits per heavy atom. The van der Waals surface area contributed by atoms with E-state index < -0.39 is 26.9 Å². The molecule has 1 amide bonds. The zero-order valence-corrected chi connectivity index (χ0v) is 17.4. The highest BCUT2D eigenvalue weighted by Crippen LogP contribution is 2.30. The average Bonchev–Trinajstić information content (AvgIpc) is 2.67. The van der Waals surface area contributed by atoms with Crippen LogP contribution in [0.3, 0.4) is 0 Å². The minimum Gasteiger partial charge on any atom is -0.495 e. The molecule has 0 saturated carbocycles. The van der Waals surface area contributed by atoms with Crippen molar-refractivity contribution in [2.75, 3.05) is 23.0 Å². The molecule has 0 radical (unpaired) electrons. The van der Waals surface area contributed by atoms with Gasteiger partial charge in [0.25, 0.3) is 5.69 Å². The highest BCUT2D eigenvalue weighted by molar-refractivity contribution is 7.92. The predicted octanol–water partition coefficient (Wildman–Crippen LogP) is 2.96. The number of hydrogen-bond acceptors (Lipinski definition) is 6. The maximum absolute atomic E-state index is 12.8. The maximum atomic E-state index is 12.8. The maximum Gasteiger partial charge on any atom is 0.271 e. The number of nitro groups is 1. The second-order valence-electron chi connectivity index (χ2n) is 6.39. The summed E-state index contributed by atoms with van der Waals surface area (Å²) in [5.74, 6) is -0.442. The van der Waals surface area contributed by atoms with E-state index in [2.05, 4.69) is 5.32 Å². The van der Waals surface area contributed by atoms with E-state index in [0.29, 0.717) is 5.69 Å². The minimum atomic E-state index is -3.78. The lowest BCUT2D eigenvalue weighted by molar-refractivity contribution is -0.384. The summed E-state index contributed by atoms with van der Waals surface area (Å²) >= 11 is 0. The minimum absolute atomic E-state index is 0.0772. The van der Waals surface area contributed by atoms with Gasteiger partial charge in [-0.25, -0.2) is 8.42 Å². The highest BCUT2D eigenvalue weighted by Gasteiger charge is 2.30.